The van der Waals surface area contributed by atoms with Gasteiger partial charge in [-0.3, -0.25) is 9.48 Å². The Labute approximate surface area is 158 Å². The van der Waals surface area contributed by atoms with E-state index in [0.717, 1.165) is 37.9 Å². The van der Waals surface area contributed by atoms with Gasteiger partial charge in [-0.1, -0.05) is 18.2 Å². The molecule has 3 aromatic rings. The number of carbonyl (C=O) groups excluding carboxylic acids is 1. The first kappa shape index (κ1) is 18.5. The van der Waals surface area contributed by atoms with Crippen LogP contribution < -0.4 is 10.6 Å². The Morgan fingerprint density at radius 1 is 1.23 bits per heavy atom. The van der Waals surface area contributed by atoms with Crippen LogP contribution in [0.15, 0.2) is 48.9 Å². The number of para-hydroxylation sites is 1. The maximum atomic E-state index is 13.0. The third kappa shape index (κ3) is 3.34. The summed E-state index contributed by atoms with van der Waals surface area (Å²) in [7, 11) is 0. The van der Waals surface area contributed by atoms with Crippen molar-refractivity contribution in [3.05, 3.63) is 54.5 Å². The second kappa shape index (κ2) is 7.93. The van der Waals surface area contributed by atoms with Gasteiger partial charge in [-0.2, -0.15) is 5.10 Å². The van der Waals surface area contributed by atoms with Crippen LogP contribution in [0, 0.1) is 0 Å². The monoisotopic (exact) mass is 373 g/mol. The molecule has 0 bridgehead atoms. The smallest absolute Gasteiger partial charge is 0.248 e. The number of H-pyrrole nitrogens is 1. The van der Waals surface area contributed by atoms with Crippen LogP contribution in [-0.4, -0.2) is 40.3 Å². The van der Waals surface area contributed by atoms with Crippen molar-refractivity contribution in [2.75, 3.05) is 19.6 Å². The molecule has 1 aromatic carbocycles. The molecule has 0 atom stereocenters. The summed E-state index contributed by atoms with van der Waals surface area (Å²) in [5.41, 5.74) is 1.79. The highest BCUT2D eigenvalue weighted by Crippen LogP contribution is 2.27. The largest absolute Gasteiger partial charge is 0.361 e. The van der Waals surface area contributed by atoms with Gasteiger partial charge < -0.3 is 15.6 Å². The van der Waals surface area contributed by atoms with Crippen LogP contribution in [-0.2, 0) is 16.8 Å². The summed E-state index contributed by atoms with van der Waals surface area (Å²) in [4.78, 5) is 16.3. The zero-order valence-corrected chi connectivity index (χ0v) is 15.4. The second-order valence-electron chi connectivity index (χ2n) is 6.60. The van der Waals surface area contributed by atoms with E-state index in [9.17, 15) is 4.79 Å². The number of hydrogen-bond acceptors (Lipinski definition) is 3. The minimum atomic E-state index is -0.574. The summed E-state index contributed by atoms with van der Waals surface area (Å²) in [6.45, 7) is 2.28. The van der Waals surface area contributed by atoms with E-state index in [1.165, 1.54) is 10.9 Å². The third-order valence-electron chi connectivity index (χ3n) is 5.15. The van der Waals surface area contributed by atoms with Gasteiger partial charge in [-0.25, -0.2) is 0 Å². The van der Waals surface area contributed by atoms with Gasteiger partial charge in [-0.15, -0.1) is 12.4 Å². The van der Waals surface area contributed by atoms with E-state index in [4.69, 9.17) is 0 Å². The minimum absolute atomic E-state index is 0. The molecule has 7 heteroatoms. The van der Waals surface area contributed by atoms with Crippen LogP contribution >= 0.6 is 12.4 Å². The molecule has 0 spiro atoms. The van der Waals surface area contributed by atoms with Crippen molar-refractivity contribution in [3.8, 4) is 0 Å². The van der Waals surface area contributed by atoms with Gasteiger partial charge in [0.1, 0.15) is 5.54 Å². The van der Waals surface area contributed by atoms with Gasteiger partial charge in [0, 0.05) is 36.0 Å². The first-order valence-corrected chi connectivity index (χ1v) is 8.84. The second-order valence-corrected chi connectivity index (χ2v) is 6.60. The van der Waals surface area contributed by atoms with Crippen LogP contribution in [0.4, 0.5) is 0 Å². The van der Waals surface area contributed by atoms with Gasteiger partial charge in [0.2, 0.25) is 5.91 Å². The van der Waals surface area contributed by atoms with Crippen LogP contribution in [0.5, 0.6) is 0 Å². The molecule has 0 radical (unpaired) electrons. The standard InChI is InChI=1S/C19H23N5O.ClH/c25-18(19(7-11-20-12-8-19)24-13-3-9-23-24)21-10-6-15-14-22-17-5-2-1-4-16(15)17;/h1-5,9,13-14,20,22H,6-8,10-12H2,(H,21,25);1H. The Morgan fingerprint density at radius 2 is 2.04 bits per heavy atom. The fourth-order valence-corrected chi connectivity index (χ4v) is 3.74. The Bertz CT molecular complexity index is 852. The molecule has 0 saturated carbocycles. The van der Waals surface area contributed by atoms with Crippen molar-refractivity contribution in [2.24, 2.45) is 0 Å². The highest BCUT2D eigenvalue weighted by molar-refractivity contribution is 5.86. The first-order chi connectivity index (χ1) is 12.3. The molecule has 1 aliphatic rings. The number of aromatic amines is 1. The van der Waals surface area contributed by atoms with Crippen molar-refractivity contribution in [2.45, 2.75) is 24.8 Å². The van der Waals surface area contributed by atoms with Gasteiger partial charge in [0.25, 0.3) is 0 Å². The zero-order valence-electron chi connectivity index (χ0n) is 14.6. The van der Waals surface area contributed by atoms with Crippen molar-refractivity contribution in [1.29, 1.82) is 0 Å². The maximum Gasteiger partial charge on any atom is 0.248 e. The summed E-state index contributed by atoms with van der Waals surface area (Å²) in [5.74, 6) is 0.0672. The van der Waals surface area contributed by atoms with E-state index in [2.05, 4.69) is 32.8 Å². The lowest BCUT2D eigenvalue weighted by atomic mass is 9.87. The number of rotatable bonds is 5. The predicted molar refractivity (Wildman–Crippen MR) is 105 cm³/mol. The summed E-state index contributed by atoms with van der Waals surface area (Å²) in [6.07, 6.45) is 7.99. The molecule has 26 heavy (non-hydrogen) atoms. The van der Waals surface area contributed by atoms with Gasteiger partial charge in [0.15, 0.2) is 0 Å². The number of carbonyl (C=O) groups is 1. The van der Waals surface area contributed by atoms with Crippen LogP contribution in [0.1, 0.15) is 18.4 Å². The van der Waals surface area contributed by atoms with Crippen LogP contribution in [0.2, 0.25) is 0 Å². The molecular formula is C19H24ClN5O. The highest BCUT2D eigenvalue weighted by atomic mass is 35.5. The summed E-state index contributed by atoms with van der Waals surface area (Å²) >= 11 is 0. The van der Waals surface area contributed by atoms with Gasteiger partial charge in [-0.05, 0) is 50.0 Å². The molecule has 1 saturated heterocycles. The van der Waals surface area contributed by atoms with Crippen molar-refractivity contribution in [3.63, 3.8) is 0 Å². The predicted octanol–water partition coefficient (Wildman–Crippen LogP) is 2.22. The molecule has 1 fully saturated rings. The number of fused-ring (bicyclic) bond motifs is 1. The molecule has 1 amide bonds. The lowest BCUT2D eigenvalue weighted by Crippen LogP contribution is -2.54. The van der Waals surface area contributed by atoms with E-state index in [-0.39, 0.29) is 18.3 Å². The van der Waals surface area contributed by atoms with Crippen molar-refractivity contribution in [1.82, 2.24) is 25.4 Å². The molecule has 3 N–H and O–H groups in total. The maximum absolute atomic E-state index is 13.0. The van der Waals surface area contributed by atoms with Crippen LogP contribution in [0.3, 0.4) is 0 Å². The highest BCUT2D eigenvalue weighted by Gasteiger charge is 2.41. The van der Waals surface area contributed by atoms with E-state index < -0.39 is 5.54 Å². The zero-order chi connectivity index (χ0) is 17.1. The number of piperidine rings is 1. The molecule has 4 rings (SSSR count). The lowest BCUT2D eigenvalue weighted by molar-refractivity contribution is -0.131. The number of halogens is 1. The van der Waals surface area contributed by atoms with E-state index >= 15 is 0 Å². The van der Waals surface area contributed by atoms with Gasteiger partial charge in [0.05, 0.1) is 0 Å². The number of nitrogens with zero attached hydrogens (tertiary/aromatic N) is 2. The van der Waals surface area contributed by atoms with E-state index in [1.807, 2.05) is 35.3 Å². The first-order valence-electron chi connectivity index (χ1n) is 8.84. The van der Waals surface area contributed by atoms with Gasteiger partial charge >= 0.3 is 0 Å². The fraction of sp³-hybridized carbons (Fsp3) is 0.368. The number of benzene rings is 1. The normalized spacial score (nSPS) is 16.2. The Balaban J connectivity index is 0.00000196. The summed E-state index contributed by atoms with van der Waals surface area (Å²) in [6, 6.07) is 10.1. The van der Waals surface area contributed by atoms with E-state index in [0.29, 0.717) is 6.54 Å². The Morgan fingerprint density at radius 3 is 2.81 bits per heavy atom. The molecule has 0 unspecified atom stereocenters. The van der Waals surface area contributed by atoms with Crippen molar-refractivity contribution < 1.29 is 4.79 Å². The molecule has 2 aromatic heterocycles. The minimum Gasteiger partial charge on any atom is -0.361 e. The SMILES string of the molecule is Cl.O=C(NCCc1c[nH]c2ccccc12)C1(n2cccn2)CCNCC1. The topological polar surface area (TPSA) is 74.7 Å². The lowest BCUT2D eigenvalue weighted by Gasteiger charge is -2.36. The third-order valence-corrected chi connectivity index (χ3v) is 5.15. The molecular weight excluding hydrogens is 350 g/mol. The number of amides is 1. The quantitative estimate of drug-likeness (QED) is 0.642. The molecule has 0 aliphatic carbocycles. The number of aromatic nitrogens is 3. The fourth-order valence-electron chi connectivity index (χ4n) is 3.74. The van der Waals surface area contributed by atoms with Crippen molar-refractivity contribution >= 4 is 29.2 Å². The summed E-state index contributed by atoms with van der Waals surface area (Å²) in [5, 5.41) is 12.1. The van der Waals surface area contributed by atoms with E-state index in [1.54, 1.807) is 6.20 Å². The summed E-state index contributed by atoms with van der Waals surface area (Å²) < 4.78 is 1.83. The Hall–Kier alpha value is -2.31. The number of hydrogen-bond donors (Lipinski definition) is 3. The molecule has 1 aliphatic heterocycles. The van der Waals surface area contributed by atoms with Crippen LogP contribution in [0.25, 0.3) is 10.9 Å². The Kier molecular flexibility index (Phi) is 5.64. The number of nitrogens with one attached hydrogen (secondary N) is 3. The average molecular weight is 374 g/mol. The molecule has 138 valence electrons. The molecule has 6 nitrogen and oxygen atoms in total. The molecule has 3 heterocycles. The average Bonchev–Trinajstić information content (AvgIpc) is 3.33.